The standard InChI is InChI=1S/C11H20N2O4/c1-4-5-6-17-10(15)7-12-11(16)8(2)13-9(3)14/h8H,4-7H2,1-3H3,(H,12,16)(H,13,14). The first-order valence-corrected chi connectivity index (χ1v) is 5.67. The van der Waals surface area contributed by atoms with Gasteiger partial charge in [0.1, 0.15) is 12.6 Å². The summed E-state index contributed by atoms with van der Waals surface area (Å²) in [6, 6.07) is -0.657. The van der Waals surface area contributed by atoms with E-state index in [4.69, 9.17) is 4.74 Å². The Balaban J connectivity index is 3.75. The molecular weight excluding hydrogens is 224 g/mol. The summed E-state index contributed by atoms with van der Waals surface area (Å²) in [5.41, 5.74) is 0. The van der Waals surface area contributed by atoms with Crippen LogP contribution >= 0.6 is 0 Å². The van der Waals surface area contributed by atoms with E-state index >= 15 is 0 Å². The second-order valence-electron chi connectivity index (χ2n) is 3.71. The summed E-state index contributed by atoms with van der Waals surface area (Å²) >= 11 is 0. The second-order valence-corrected chi connectivity index (χ2v) is 3.71. The Hall–Kier alpha value is -1.59. The van der Waals surface area contributed by atoms with Crippen LogP contribution in [-0.2, 0) is 19.1 Å². The summed E-state index contributed by atoms with van der Waals surface area (Å²) in [5.74, 6) is -1.17. The maximum atomic E-state index is 11.4. The molecule has 98 valence electrons. The minimum absolute atomic E-state index is 0.174. The Labute approximate surface area is 101 Å². The van der Waals surface area contributed by atoms with Crippen molar-refractivity contribution in [1.82, 2.24) is 10.6 Å². The van der Waals surface area contributed by atoms with Crippen LogP contribution in [0.15, 0.2) is 0 Å². The van der Waals surface area contributed by atoms with Gasteiger partial charge >= 0.3 is 5.97 Å². The highest BCUT2D eigenvalue weighted by molar-refractivity contribution is 5.88. The van der Waals surface area contributed by atoms with Crippen molar-refractivity contribution in [3.63, 3.8) is 0 Å². The van der Waals surface area contributed by atoms with Gasteiger partial charge in [0.2, 0.25) is 11.8 Å². The first-order valence-electron chi connectivity index (χ1n) is 5.67. The van der Waals surface area contributed by atoms with E-state index in [2.05, 4.69) is 10.6 Å². The van der Waals surface area contributed by atoms with E-state index in [9.17, 15) is 14.4 Å². The second kappa shape index (κ2) is 8.55. The van der Waals surface area contributed by atoms with Crippen molar-refractivity contribution in [3.8, 4) is 0 Å². The van der Waals surface area contributed by atoms with Gasteiger partial charge in [0.25, 0.3) is 0 Å². The maximum absolute atomic E-state index is 11.4. The number of hydrogen-bond acceptors (Lipinski definition) is 4. The molecule has 6 heteroatoms. The molecule has 1 atom stereocenters. The van der Waals surface area contributed by atoms with E-state index < -0.39 is 17.9 Å². The van der Waals surface area contributed by atoms with E-state index in [1.54, 1.807) is 6.92 Å². The van der Waals surface area contributed by atoms with Crippen LogP contribution in [0.25, 0.3) is 0 Å². The van der Waals surface area contributed by atoms with Gasteiger partial charge in [0, 0.05) is 6.92 Å². The molecule has 0 aromatic carbocycles. The quantitative estimate of drug-likeness (QED) is 0.486. The molecule has 17 heavy (non-hydrogen) atoms. The fourth-order valence-corrected chi connectivity index (χ4v) is 1.06. The monoisotopic (exact) mass is 244 g/mol. The van der Waals surface area contributed by atoms with Gasteiger partial charge < -0.3 is 15.4 Å². The summed E-state index contributed by atoms with van der Waals surface area (Å²) in [5, 5.41) is 4.80. The lowest BCUT2D eigenvalue weighted by Gasteiger charge is -2.12. The highest BCUT2D eigenvalue weighted by Crippen LogP contribution is 1.88. The smallest absolute Gasteiger partial charge is 0.325 e. The van der Waals surface area contributed by atoms with Crippen molar-refractivity contribution in [2.75, 3.05) is 13.2 Å². The fourth-order valence-electron chi connectivity index (χ4n) is 1.06. The van der Waals surface area contributed by atoms with Crippen LogP contribution in [-0.4, -0.2) is 37.0 Å². The molecule has 0 saturated carbocycles. The fraction of sp³-hybridized carbons (Fsp3) is 0.727. The van der Waals surface area contributed by atoms with Crippen molar-refractivity contribution in [2.24, 2.45) is 0 Å². The molecule has 0 aromatic rings. The zero-order valence-electron chi connectivity index (χ0n) is 10.5. The Bertz CT molecular complexity index is 279. The highest BCUT2D eigenvalue weighted by atomic mass is 16.5. The van der Waals surface area contributed by atoms with Gasteiger partial charge in [-0.25, -0.2) is 0 Å². The van der Waals surface area contributed by atoms with Crippen molar-refractivity contribution in [3.05, 3.63) is 0 Å². The largest absolute Gasteiger partial charge is 0.464 e. The number of hydrogen-bond donors (Lipinski definition) is 2. The summed E-state index contributed by atoms with van der Waals surface area (Å²) in [6.45, 7) is 5.05. The molecule has 0 rings (SSSR count). The number of rotatable bonds is 7. The number of nitrogens with one attached hydrogen (secondary N) is 2. The van der Waals surface area contributed by atoms with Crippen LogP contribution in [0.1, 0.15) is 33.6 Å². The summed E-state index contributed by atoms with van der Waals surface area (Å²) in [7, 11) is 0. The molecule has 0 bridgehead atoms. The zero-order valence-corrected chi connectivity index (χ0v) is 10.5. The average molecular weight is 244 g/mol. The van der Waals surface area contributed by atoms with Gasteiger partial charge in [-0.2, -0.15) is 0 Å². The topological polar surface area (TPSA) is 84.5 Å². The highest BCUT2D eigenvalue weighted by Gasteiger charge is 2.14. The molecule has 6 nitrogen and oxygen atoms in total. The van der Waals surface area contributed by atoms with Gasteiger partial charge in [-0.05, 0) is 13.3 Å². The minimum atomic E-state index is -0.657. The molecular formula is C11H20N2O4. The molecule has 0 radical (unpaired) electrons. The van der Waals surface area contributed by atoms with Crippen LogP contribution in [0.5, 0.6) is 0 Å². The molecule has 0 aliphatic carbocycles. The van der Waals surface area contributed by atoms with Crippen LogP contribution in [0.2, 0.25) is 0 Å². The van der Waals surface area contributed by atoms with Crippen LogP contribution in [0.4, 0.5) is 0 Å². The summed E-state index contributed by atoms with van der Waals surface area (Å²) in [4.78, 5) is 33.2. The molecule has 1 unspecified atom stereocenters. The number of unbranched alkanes of at least 4 members (excludes halogenated alkanes) is 1. The molecule has 0 saturated heterocycles. The van der Waals surface area contributed by atoms with E-state index in [0.717, 1.165) is 12.8 Å². The predicted molar refractivity (Wildman–Crippen MR) is 62.2 cm³/mol. The summed E-state index contributed by atoms with van der Waals surface area (Å²) in [6.07, 6.45) is 1.75. The molecule has 2 N–H and O–H groups in total. The average Bonchev–Trinajstić information content (AvgIpc) is 2.25. The molecule has 2 amide bonds. The van der Waals surface area contributed by atoms with Gasteiger partial charge in [-0.15, -0.1) is 0 Å². The van der Waals surface area contributed by atoms with E-state index in [-0.39, 0.29) is 12.5 Å². The zero-order chi connectivity index (χ0) is 13.3. The summed E-state index contributed by atoms with van der Waals surface area (Å²) < 4.78 is 4.85. The number of esters is 1. The Morgan fingerprint density at radius 2 is 1.94 bits per heavy atom. The molecule has 0 aliphatic heterocycles. The van der Waals surface area contributed by atoms with Crippen LogP contribution in [0, 0.1) is 0 Å². The Morgan fingerprint density at radius 1 is 1.29 bits per heavy atom. The van der Waals surface area contributed by atoms with Gasteiger partial charge in [-0.1, -0.05) is 13.3 Å². The van der Waals surface area contributed by atoms with Crippen LogP contribution < -0.4 is 10.6 Å². The van der Waals surface area contributed by atoms with Gasteiger partial charge in [0.05, 0.1) is 6.61 Å². The number of carbonyl (C=O) groups excluding carboxylic acids is 3. The molecule has 0 aliphatic rings. The van der Waals surface area contributed by atoms with Gasteiger partial charge in [-0.3, -0.25) is 14.4 Å². The number of carbonyl (C=O) groups is 3. The number of amides is 2. The Morgan fingerprint density at radius 3 is 2.47 bits per heavy atom. The van der Waals surface area contributed by atoms with E-state index in [1.807, 2.05) is 6.92 Å². The normalized spacial score (nSPS) is 11.5. The molecule has 0 aromatic heterocycles. The van der Waals surface area contributed by atoms with Crippen LogP contribution in [0.3, 0.4) is 0 Å². The van der Waals surface area contributed by atoms with Gasteiger partial charge in [0.15, 0.2) is 0 Å². The molecule has 0 spiro atoms. The first-order chi connectivity index (χ1) is 7.97. The first kappa shape index (κ1) is 15.4. The Kier molecular flexibility index (Phi) is 7.75. The lowest BCUT2D eigenvalue weighted by molar-refractivity contribution is -0.144. The van der Waals surface area contributed by atoms with E-state index in [1.165, 1.54) is 6.92 Å². The van der Waals surface area contributed by atoms with Crippen molar-refractivity contribution >= 4 is 17.8 Å². The number of ether oxygens (including phenoxy) is 1. The molecule has 0 heterocycles. The molecule has 0 fully saturated rings. The predicted octanol–water partition coefficient (Wildman–Crippen LogP) is -0.0295. The van der Waals surface area contributed by atoms with E-state index in [0.29, 0.717) is 6.61 Å². The third-order valence-electron chi connectivity index (χ3n) is 1.98. The lowest BCUT2D eigenvalue weighted by Crippen LogP contribution is -2.45. The lowest BCUT2D eigenvalue weighted by atomic mass is 10.3. The van der Waals surface area contributed by atoms with Crippen molar-refractivity contribution in [2.45, 2.75) is 39.7 Å². The van der Waals surface area contributed by atoms with Crippen molar-refractivity contribution in [1.29, 1.82) is 0 Å². The third kappa shape index (κ3) is 8.24. The SMILES string of the molecule is CCCCOC(=O)CNC(=O)C(C)NC(C)=O. The van der Waals surface area contributed by atoms with Crippen molar-refractivity contribution < 1.29 is 19.1 Å². The minimum Gasteiger partial charge on any atom is -0.464 e. The third-order valence-corrected chi connectivity index (χ3v) is 1.98. The maximum Gasteiger partial charge on any atom is 0.325 e.